The van der Waals surface area contributed by atoms with Crippen molar-refractivity contribution in [2.24, 2.45) is 0 Å². The molecule has 0 heterocycles. The number of amides is 1. The minimum absolute atomic E-state index is 0.0495. The summed E-state index contributed by atoms with van der Waals surface area (Å²) >= 11 is 0. The van der Waals surface area contributed by atoms with Gasteiger partial charge in [0.15, 0.2) is 0 Å². The van der Waals surface area contributed by atoms with Gasteiger partial charge in [-0.1, -0.05) is 114 Å². The number of allylic oxidation sites excluding steroid dienone is 6. The molecule has 220 valence electrons. The second-order valence-electron chi connectivity index (χ2n) is 10.3. The fraction of sp³-hybridized carbons (Fsp3) is 0.727. The predicted molar refractivity (Wildman–Crippen MR) is 162 cm³/mol. The highest BCUT2D eigenvalue weighted by Crippen LogP contribution is 2.08. The fourth-order valence-corrected chi connectivity index (χ4v) is 4.13. The Morgan fingerprint density at radius 1 is 0.658 bits per heavy atom. The first-order valence-electron chi connectivity index (χ1n) is 15.4. The Morgan fingerprint density at radius 3 is 1.71 bits per heavy atom. The highest BCUT2D eigenvalue weighted by Gasteiger charge is 2.19. The third-order valence-corrected chi connectivity index (χ3v) is 6.57. The zero-order valence-electron chi connectivity index (χ0n) is 24.5. The van der Waals surface area contributed by atoms with Crippen molar-refractivity contribution in [3.8, 4) is 0 Å². The maximum Gasteiger partial charge on any atom is 0.223 e. The summed E-state index contributed by atoms with van der Waals surface area (Å²) in [5.41, 5.74) is 0. The molecule has 4 N–H and O–H groups in total. The molecular weight excluding hydrogens is 474 g/mol. The molecule has 0 aliphatic carbocycles. The third kappa shape index (κ3) is 24.6. The van der Waals surface area contributed by atoms with Crippen LogP contribution in [0.1, 0.15) is 129 Å². The van der Waals surface area contributed by atoms with E-state index in [9.17, 15) is 20.1 Å². The second kappa shape index (κ2) is 28.3. The number of hydrogen-bond donors (Lipinski definition) is 4. The molecule has 38 heavy (non-hydrogen) atoms. The van der Waals surface area contributed by atoms with Gasteiger partial charge in [0.1, 0.15) is 0 Å². The van der Waals surface area contributed by atoms with Crippen LogP contribution in [-0.4, -0.2) is 46.1 Å². The van der Waals surface area contributed by atoms with Gasteiger partial charge in [-0.15, -0.1) is 0 Å². The minimum Gasteiger partial charge on any atom is -0.394 e. The molecule has 0 aliphatic heterocycles. The highest BCUT2D eigenvalue weighted by molar-refractivity contribution is 5.76. The lowest BCUT2D eigenvalue weighted by atomic mass is 10.1. The fourth-order valence-electron chi connectivity index (χ4n) is 4.13. The Kier molecular flexibility index (Phi) is 27.1. The molecule has 0 aromatic heterocycles. The molecule has 0 aromatic carbocycles. The highest BCUT2D eigenvalue weighted by atomic mass is 16.3. The predicted octanol–water partition coefficient (Wildman–Crippen LogP) is 7.47. The number of unbranched alkanes of at least 4 members (excludes halogenated alkanes) is 12. The first-order valence-corrected chi connectivity index (χ1v) is 15.4. The average molecular weight is 534 g/mol. The summed E-state index contributed by atoms with van der Waals surface area (Å²) in [4.78, 5) is 12.2. The SMILES string of the molecule is CCCCCC/C=C\CC(O)CC(=O)NC(CO)C(O)/C=C/CC/C=C/CC/C=C/CCCCCCCC. The molecule has 3 atom stereocenters. The van der Waals surface area contributed by atoms with Crippen LogP contribution in [0.3, 0.4) is 0 Å². The second-order valence-corrected chi connectivity index (χ2v) is 10.3. The van der Waals surface area contributed by atoms with Crippen molar-refractivity contribution in [2.45, 2.75) is 148 Å². The lowest BCUT2D eigenvalue weighted by Crippen LogP contribution is -2.45. The molecule has 0 aliphatic rings. The van der Waals surface area contributed by atoms with E-state index >= 15 is 0 Å². The van der Waals surface area contributed by atoms with Crippen molar-refractivity contribution >= 4 is 5.91 Å². The molecule has 0 saturated heterocycles. The van der Waals surface area contributed by atoms with E-state index in [0.29, 0.717) is 6.42 Å². The summed E-state index contributed by atoms with van der Waals surface area (Å²) < 4.78 is 0. The number of carbonyl (C=O) groups excluding carboxylic acids is 1. The summed E-state index contributed by atoms with van der Waals surface area (Å²) in [5.74, 6) is -0.371. The van der Waals surface area contributed by atoms with Crippen molar-refractivity contribution in [3.63, 3.8) is 0 Å². The van der Waals surface area contributed by atoms with E-state index in [0.717, 1.165) is 38.5 Å². The van der Waals surface area contributed by atoms with Crippen LogP contribution >= 0.6 is 0 Å². The van der Waals surface area contributed by atoms with Crippen molar-refractivity contribution in [2.75, 3.05) is 6.61 Å². The lowest BCUT2D eigenvalue weighted by Gasteiger charge is -2.20. The molecular formula is C33H59NO4. The van der Waals surface area contributed by atoms with Gasteiger partial charge in [0.2, 0.25) is 5.91 Å². The van der Waals surface area contributed by atoms with Crippen LogP contribution in [0, 0.1) is 0 Å². The molecule has 0 aromatic rings. The van der Waals surface area contributed by atoms with Crippen molar-refractivity contribution < 1.29 is 20.1 Å². The Hall–Kier alpha value is -1.69. The summed E-state index contributed by atoms with van der Waals surface area (Å²) in [6, 6.07) is -0.779. The quantitative estimate of drug-likeness (QED) is 0.0686. The van der Waals surface area contributed by atoms with Gasteiger partial charge in [-0.3, -0.25) is 4.79 Å². The minimum atomic E-state index is -0.968. The molecule has 0 bridgehead atoms. The number of carbonyl (C=O) groups is 1. The number of aliphatic hydroxyl groups excluding tert-OH is 3. The normalized spacial score (nSPS) is 14.8. The van der Waals surface area contributed by atoms with E-state index in [4.69, 9.17) is 0 Å². The van der Waals surface area contributed by atoms with E-state index < -0.39 is 18.2 Å². The molecule has 0 rings (SSSR count). The van der Waals surface area contributed by atoms with Crippen molar-refractivity contribution in [1.29, 1.82) is 0 Å². The first kappa shape index (κ1) is 36.3. The molecule has 0 spiro atoms. The van der Waals surface area contributed by atoms with Crippen LogP contribution in [0.4, 0.5) is 0 Å². The monoisotopic (exact) mass is 533 g/mol. The Balaban J connectivity index is 3.95. The number of hydrogen-bond acceptors (Lipinski definition) is 4. The van der Waals surface area contributed by atoms with Gasteiger partial charge in [-0.2, -0.15) is 0 Å². The van der Waals surface area contributed by atoms with Gasteiger partial charge in [0.05, 0.1) is 31.3 Å². The standard InChI is InChI=1S/C33H59NO4/c1-3-5-7-9-11-12-13-14-15-16-17-18-19-21-23-25-27-32(37)31(29-35)34-33(38)28-30(36)26-24-22-20-10-8-6-4-2/h14-15,18-19,22,24-25,27,30-32,35-37H,3-13,16-17,20-21,23,26,28-29H2,1-2H3,(H,34,38)/b15-14+,19-18+,24-22-,27-25+. The van der Waals surface area contributed by atoms with Gasteiger partial charge in [0, 0.05) is 0 Å². The third-order valence-electron chi connectivity index (χ3n) is 6.57. The average Bonchev–Trinajstić information content (AvgIpc) is 2.90. The van der Waals surface area contributed by atoms with E-state index in [-0.39, 0.29) is 18.9 Å². The van der Waals surface area contributed by atoms with Crippen LogP contribution in [0.15, 0.2) is 48.6 Å². The van der Waals surface area contributed by atoms with Gasteiger partial charge in [-0.05, 0) is 57.8 Å². The molecule has 1 amide bonds. The topological polar surface area (TPSA) is 89.8 Å². The summed E-state index contributed by atoms with van der Waals surface area (Å²) in [7, 11) is 0. The number of aliphatic hydroxyl groups is 3. The van der Waals surface area contributed by atoms with Gasteiger partial charge in [0.25, 0.3) is 0 Å². The zero-order valence-corrected chi connectivity index (χ0v) is 24.5. The molecule has 5 nitrogen and oxygen atoms in total. The van der Waals surface area contributed by atoms with E-state index in [1.165, 1.54) is 64.2 Å². The van der Waals surface area contributed by atoms with E-state index in [2.05, 4.69) is 49.5 Å². The largest absolute Gasteiger partial charge is 0.394 e. The zero-order chi connectivity index (χ0) is 28.1. The Morgan fingerprint density at radius 2 is 1.13 bits per heavy atom. The number of nitrogens with one attached hydrogen (secondary N) is 1. The Bertz CT molecular complexity index is 641. The molecule has 0 saturated carbocycles. The van der Waals surface area contributed by atoms with Crippen molar-refractivity contribution in [3.05, 3.63) is 48.6 Å². The lowest BCUT2D eigenvalue weighted by molar-refractivity contribution is -0.124. The summed E-state index contributed by atoms with van der Waals surface area (Å²) in [6.07, 6.45) is 33.9. The van der Waals surface area contributed by atoms with Crippen LogP contribution in [0.2, 0.25) is 0 Å². The maximum atomic E-state index is 12.2. The van der Waals surface area contributed by atoms with Gasteiger partial charge >= 0.3 is 0 Å². The van der Waals surface area contributed by atoms with Crippen molar-refractivity contribution in [1.82, 2.24) is 5.32 Å². The molecule has 0 fully saturated rings. The first-order chi connectivity index (χ1) is 18.5. The van der Waals surface area contributed by atoms with E-state index in [1.54, 1.807) is 6.08 Å². The Labute approximate surface area is 234 Å². The van der Waals surface area contributed by atoms with Crippen LogP contribution in [0.25, 0.3) is 0 Å². The molecule has 3 unspecified atom stereocenters. The van der Waals surface area contributed by atoms with E-state index in [1.807, 2.05) is 12.2 Å². The van der Waals surface area contributed by atoms with Crippen LogP contribution in [-0.2, 0) is 4.79 Å². The number of rotatable bonds is 26. The molecule has 5 heteroatoms. The maximum absolute atomic E-state index is 12.2. The van der Waals surface area contributed by atoms with Crippen LogP contribution in [0.5, 0.6) is 0 Å². The summed E-state index contributed by atoms with van der Waals surface area (Å²) in [5, 5.41) is 32.6. The summed E-state index contributed by atoms with van der Waals surface area (Å²) in [6.45, 7) is 4.07. The molecule has 0 radical (unpaired) electrons. The van der Waals surface area contributed by atoms with Crippen LogP contribution < -0.4 is 5.32 Å². The van der Waals surface area contributed by atoms with Gasteiger partial charge in [-0.25, -0.2) is 0 Å². The smallest absolute Gasteiger partial charge is 0.223 e. The van der Waals surface area contributed by atoms with Gasteiger partial charge < -0.3 is 20.6 Å².